The summed E-state index contributed by atoms with van der Waals surface area (Å²) in [5, 5.41) is 12.3. The maximum Gasteiger partial charge on any atom is 0.170 e. The van der Waals surface area contributed by atoms with Crippen LogP contribution in [0.25, 0.3) is 0 Å². The van der Waals surface area contributed by atoms with Gasteiger partial charge in [0.2, 0.25) is 0 Å². The lowest BCUT2D eigenvalue weighted by Crippen LogP contribution is -2.13. The average molecular weight is 325 g/mol. The number of halogens is 2. The van der Waals surface area contributed by atoms with E-state index in [9.17, 15) is 4.39 Å². The molecule has 0 fully saturated rings. The van der Waals surface area contributed by atoms with Gasteiger partial charge in [-0.15, -0.1) is 0 Å². The second-order valence-electron chi connectivity index (χ2n) is 4.42. The lowest BCUT2D eigenvalue weighted by molar-refractivity contribution is 0.318. The third-order valence-corrected chi connectivity index (χ3v) is 4.27. The number of rotatable bonds is 5. The summed E-state index contributed by atoms with van der Waals surface area (Å²) in [5.74, 6) is 0.823. The van der Waals surface area contributed by atoms with Crippen LogP contribution >= 0.6 is 23.4 Å². The molecule has 6 heteroatoms. The summed E-state index contributed by atoms with van der Waals surface area (Å²) in [6, 6.07) is 12.0. The van der Waals surface area contributed by atoms with Gasteiger partial charge in [0, 0.05) is 22.1 Å². The van der Waals surface area contributed by atoms with Gasteiger partial charge in [0.1, 0.15) is 5.82 Å². The van der Waals surface area contributed by atoms with Gasteiger partial charge in [0.05, 0.1) is 0 Å². The average Bonchev–Trinajstić information content (AvgIpc) is 2.48. The van der Waals surface area contributed by atoms with Crippen LogP contribution in [0.4, 0.5) is 4.39 Å². The zero-order valence-electron chi connectivity index (χ0n) is 11.1. The van der Waals surface area contributed by atoms with Crippen molar-refractivity contribution in [1.29, 1.82) is 0 Å². The van der Waals surface area contributed by atoms with E-state index in [0.29, 0.717) is 11.3 Å². The van der Waals surface area contributed by atoms with E-state index in [1.165, 1.54) is 12.1 Å². The van der Waals surface area contributed by atoms with E-state index >= 15 is 0 Å². The van der Waals surface area contributed by atoms with Gasteiger partial charge >= 0.3 is 0 Å². The third kappa shape index (κ3) is 4.37. The predicted octanol–water partition coefficient (Wildman–Crippen LogP) is 4.01. The summed E-state index contributed by atoms with van der Waals surface area (Å²) in [7, 11) is 0. The first-order chi connectivity index (χ1) is 10.1. The van der Waals surface area contributed by atoms with Crippen molar-refractivity contribution in [2.24, 2.45) is 10.9 Å². The summed E-state index contributed by atoms with van der Waals surface area (Å²) < 4.78 is 13.5. The molecular formula is C15H14ClFN2OS. The molecule has 0 saturated heterocycles. The highest BCUT2D eigenvalue weighted by molar-refractivity contribution is 7.97. The molecule has 0 aromatic heterocycles. The quantitative estimate of drug-likeness (QED) is 0.378. The van der Waals surface area contributed by atoms with Crippen molar-refractivity contribution in [3.63, 3.8) is 0 Å². The van der Waals surface area contributed by atoms with Gasteiger partial charge in [-0.05, 0) is 35.4 Å². The molecule has 21 heavy (non-hydrogen) atoms. The van der Waals surface area contributed by atoms with Crippen molar-refractivity contribution in [3.8, 4) is 0 Å². The number of oxime groups is 1. The summed E-state index contributed by atoms with van der Waals surface area (Å²) in [6.45, 7) is 0. The molecule has 0 atom stereocenters. The molecule has 3 nitrogen and oxygen atoms in total. The molecule has 0 aliphatic carbocycles. The number of hydrogen-bond donors (Lipinski definition) is 2. The van der Waals surface area contributed by atoms with E-state index in [4.69, 9.17) is 22.5 Å². The Morgan fingerprint density at radius 3 is 2.71 bits per heavy atom. The summed E-state index contributed by atoms with van der Waals surface area (Å²) in [5.41, 5.74) is 7.66. The molecule has 0 amide bonds. The van der Waals surface area contributed by atoms with Crippen molar-refractivity contribution in [1.82, 2.24) is 0 Å². The summed E-state index contributed by atoms with van der Waals surface area (Å²) in [6.07, 6.45) is 0. The summed E-state index contributed by atoms with van der Waals surface area (Å²) >= 11 is 7.70. The topological polar surface area (TPSA) is 58.6 Å². The summed E-state index contributed by atoms with van der Waals surface area (Å²) in [4.78, 5) is 0. The molecule has 0 radical (unpaired) electrons. The molecular weight excluding hydrogens is 311 g/mol. The van der Waals surface area contributed by atoms with Crippen LogP contribution in [0.2, 0.25) is 5.02 Å². The predicted molar refractivity (Wildman–Crippen MR) is 85.4 cm³/mol. The molecule has 0 aliphatic heterocycles. The van der Waals surface area contributed by atoms with Crippen LogP contribution < -0.4 is 5.73 Å². The van der Waals surface area contributed by atoms with Gasteiger partial charge < -0.3 is 10.9 Å². The van der Waals surface area contributed by atoms with E-state index in [-0.39, 0.29) is 5.84 Å². The Morgan fingerprint density at radius 2 is 2.00 bits per heavy atom. The molecule has 0 unspecified atom stereocenters. The number of benzene rings is 2. The fraction of sp³-hybridized carbons (Fsp3) is 0.133. The number of hydrogen-bond acceptors (Lipinski definition) is 3. The van der Waals surface area contributed by atoms with E-state index in [2.05, 4.69) is 5.16 Å². The molecule has 0 saturated carbocycles. The molecule has 2 aromatic carbocycles. The Kier molecular flexibility index (Phi) is 5.47. The molecule has 0 heterocycles. The zero-order valence-corrected chi connectivity index (χ0v) is 12.7. The largest absolute Gasteiger partial charge is 0.409 e. The van der Waals surface area contributed by atoms with E-state index in [0.717, 1.165) is 21.9 Å². The Balaban J connectivity index is 2.04. The standard InChI is InChI=1S/C15H14ClFN2OS/c16-14-4-2-1-3-11(14)9-21-8-10-5-12(15(18)19-20)7-13(17)6-10/h1-7,20H,8-9H2,(H2,18,19). The number of nitrogens with zero attached hydrogens (tertiary/aromatic N) is 1. The second-order valence-corrected chi connectivity index (χ2v) is 5.81. The molecule has 0 bridgehead atoms. The fourth-order valence-electron chi connectivity index (χ4n) is 1.83. The number of amidine groups is 1. The van der Waals surface area contributed by atoms with Crippen LogP contribution in [-0.4, -0.2) is 11.0 Å². The SMILES string of the molecule is N/C(=N/O)c1cc(F)cc(CSCc2ccccc2Cl)c1. The first kappa shape index (κ1) is 15.7. The van der Waals surface area contributed by atoms with Gasteiger partial charge in [-0.3, -0.25) is 0 Å². The lowest BCUT2D eigenvalue weighted by Gasteiger charge is -2.06. The molecule has 2 rings (SSSR count). The van der Waals surface area contributed by atoms with Crippen molar-refractivity contribution in [2.75, 3.05) is 0 Å². The van der Waals surface area contributed by atoms with Gasteiger partial charge in [-0.25, -0.2) is 4.39 Å². The van der Waals surface area contributed by atoms with Crippen LogP contribution in [0.3, 0.4) is 0 Å². The van der Waals surface area contributed by atoms with Crippen LogP contribution in [-0.2, 0) is 11.5 Å². The van der Waals surface area contributed by atoms with Gasteiger partial charge in [-0.1, -0.05) is 35.0 Å². The molecule has 0 aliphatic rings. The van der Waals surface area contributed by atoms with Gasteiger partial charge in [0.25, 0.3) is 0 Å². The highest BCUT2D eigenvalue weighted by Gasteiger charge is 2.06. The Hall–Kier alpha value is -1.72. The first-order valence-corrected chi connectivity index (χ1v) is 7.72. The first-order valence-electron chi connectivity index (χ1n) is 6.18. The fourth-order valence-corrected chi connectivity index (χ4v) is 3.09. The molecule has 2 aromatic rings. The maximum absolute atomic E-state index is 13.5. The lowest BCUT2D eigenvalue weighted by atomic mass is 10.1. The second kappa shape index (κ2) is 7.33. The molecule has 110 valence electrons. The van der Waals surface area contributed by atoms with E-state index < -0.39 is 5.82 Å². The Morgan fingerprint density at radius 1 is 1.24 bits per heavy atom. The Bertz CT molecular complexity index is 664. The monoisotopic (exact) mass is 324 g/mol. The minimum atomic E-state index is -0.410. The van der Waals surface area contributed by atoms with Crippen molar-refractivity contribution < 1.29 is 9.60 Å². The van der Waals surface area contributed by atoms with E-state index in [1.807, 2.05) is 24.3 Å². The smallest absolute Gasteiger partial charge is 0.170 e. The number of nitrogens with two attached hydrogens (primary N) is 1. The molecule has 3 N–H and O–H groups in total. The highest BCUT2D eigenvalue weighted by Crippen LogP contribution is 2.24. The van der Waals surface area contributed by atoms with Crippen molar-refractivity contribution >= 4 is 29.2 Å². The van der Waals surface area contributed by atoms with E-state index in [1.54, 1.807) is 17.8 Å². The molecule has 0 spiro atoms. The van der Waals surface area contributed by atoms with Crippen LogP contribution in [0.15, 0.2) is 47.6 Å². The third-order valence-electron chi connectivity index (χ3n) is 2.85. The van der Waals surface area contributed by atoms with Gasteiger partial charge in [0.15, 0.2) is 5.84 Å². The van der Waals surface area contributed by atoms with Gasteiger partial charge in [-0.2, -0.15) is 11.8 Å². The van der Waals surface area contributed by atoms with Crippen LogP contribution in [0.5, 0.6) is 0 Å². The van der Waals surface area contributed by atoms with Crippen LogP contribution in [0, 0.1) is 5.82 Å². The minimum Gasteiger partial charge on any atom is -0.409 e. The van der Waals surface area contributed by atoms with Crippen LogP contribution in [0.1, 0.15) is 16.7 Å². The zero-order chi connectivity index (χ0) is 15.2. The normalized spacial score (nSPS) is 11.6. The highest BCUT2D eigenvalue weighted by atomic mass is 35.5. The number of thioether (sulfide) groups is 1. The Labute approximate surface area is 131 Å². The maximum atomic E-state index is 13.5. The van der Waals surface area contributed by atoms with Crippen molar-refractivity contribution in [3.05, 3.63) is 70.0 Å². The minimum absolute atomic E-state index is 0.105. The van der Waals surface area contributed by atoms with Crippen molar-refractivity contribution in [2.45, 2.75) is 11.5 Å².